The molecule has 7 nitrogen and oxygen atoms in total. The van der Waals surface area contributed by atoms with E-state index in [0.717, 1.165) is 66.5 Å². The number of aromatic nitrogens is 1. The van der Waals surface area contributed by atoms with E-state index in [1.54, 1.807) is 0 Å². The first-order valence-electron chi connectivity index (χ1n) is 10.6. The van der Waals surface area contributed by atoms with E-state index in [0.29, 0.717) is 18.5 Å². The first kappa shape index (κ1) is 21.3. The molecule has 0 bridgehead atoms. The Morgan fingerprint density at radius 2 is 2.13 bits per heavy atom. The lowest BCUT2D eigenvalue weighted by molar-refractivity contribution is -0.115. The number of nitrogens with one attached hydrogen (secondary N) is 4. The molecule has 4 rings (SSSR count). The molecule has 0 spiro atoms. The third kappa shape index (κ3) is 4.40. The molecule has 1 aromatic rings. The maximum absolute atomic E-state index is 12.5. The van der Waals surface area contributed by atoms with Crippen LogP contribution in [0.5, 0.6) is 0 Å². The van der Waals surface area contributed by atoms with Crippen LogP contribution >= 0.6 is 11.6 Å². The van der Waals surface area contributed by atoms with Crippen molar-refractivity contribution in [3.8, 4) is 0 Å². The summed E-state index contributed by atoms with van der Waals surface area (Å²) in [5.41, 5.74) is 5.78. The Balaban J connectivity index is 1.48. The normalized spacial score (nSPS) is 24.5. The van der Waals surface area contributed by atoms with E-state index < -0.39 is 6.23 Å². The number of H-pyrrole nitrogens is 1. The molecular formula is C22H30ClN5O2. The number of halogens is 1. The highest BCUT2D eigenvalue weighted by molar-refractivity contribution is 6.22. The van der Waals surface area contributed by atoms with E-state index in [1.807, 2.05) is 32.1 Å². The first-order valence-corrected chi connectivity index (χ1v) is 11.0. The fraction of sp³-hybridized carbons (Fsp3) is 0.500. The smallest absolute Gasteiger partial charge is 0.256 e. The van der Waals surface area contributed by atoms with Gasteiger partial charge in [0.1, 0.15) is 6.23 Å². The van der Waals surface area contributed by atoms with Gasteiger partial charge >= 0.3 is 0 Å². The maximum atomic E-state index is 12.5. The number of aryl methyl sites for hydroxylation is 1. The maximum Gasteiger partial charge on any atom is 0.256 e. The van der Waals surface area contributed by atoms with Crippen molar-refractivity contribution >= 4 is 23.6 Å². The average Bonchev–Trinajstić information content (AvgIpc) is 3.18. The zero-order valence-electron chi connectivity index (χ0n) is 17.5. The topological polar surface area (TPSA) is 92.4 Å². The summed E-state index contributed by atoms with van der Waals surface area (Å²) in [6.07, 6.45) is 5.71. The number of carbonyl (C=O) groups is 1. The molecule has 2 atom stereocenters. The van der Waals surface area contributed by atoms with Crippen molar-refractivity contribution < 1.29 is 9.90 Å². The third-order valence-corrected chi connectivity index (χ3v) is 6.34. The van der Waals surface area contributed by atoms with Crippen LogP contribution in [-0.4, -0.2) is 65.5 Å². The van der Waals surface area contributed by atoms with E-state index in [2.05, 4.69) is 25.8 Å². The summed E-state index contributed by atoms with van der Waals surface area (Å²) >= 11 is 6.26. The summed E-state index contributed by atoms with van der Waals surface area (Å²) in [6, 6.07) is 0. The van der Waals surface area contributed by atoms with Crippen molar-refractivity contribution in [3.63, 3.8) is 0 Å². The van der Waals surface area contributed by atoms with Crippen molar-refractivity contribution in [2.75, 3.05) is 39.3 Å². The van der Waals surface area contributed by atoms with Gasteiger partial charge in [-0.05, 0) is 31.9 Å². The second-order valence-corrected chi connectivity index (χ2v) is 8.67. The fourth-order valence-electron chi connectivity index (χ4n) is 4.37. The van der Waals surface area contributed by atoms with Gasteiger partial charge in [-0.2, -0.15) is 0 Å². The summed E-state index contributed by atoms with van der Waals surface area (Å²) in [5, 5.41) is 20.1. The van der Waals surface area contributed by atoms with Crippen molar-refractivity contribution in [1.29, 1.82) is 0 Å². The number of piperazine rings is 1. The van der Waals surface area contributed by atoms with Crippen molar-refractivity contribution in [1.82, 2.24) is 25.8 Å². The van der Waals surface area contributed by atoms with Gasteiger partial charge in [0.05, 0.1) is 11.0 Å². The van der Waals surface area contributed by atoms with Gasteiger partial charge in [0, 0.05) is 67.5 Å². The summed E-state index contributed by atoms with van der Waals surface area (Å²) in [4.78, 5) is 18.2. The predicted octanol–water partition coefficient (Wildman–Crippen LogP) is 1.45. The highest BCUT2D eigenvalue weighted by atomic mass is 35.5. The van der Waals surface area contributed by atoms with Crippen LogP contribution in [0.25, 0.3) is 6.08 Å². The molecule has 2 unspecified atom stereocenters. The number of alkyl halides is 1. The summed E-state index contributed by atoms with van der Waals surface area (Å²) < 4.78 is 0. The molecule has 1 aromatic heterocycles. The van der Waals surface area contributed by atoms with Gasteiger partial charge in [-0.3, -0.25) is 15.0 Å². The van der Waals surface area contributed by atoms with Gasteiger partial charge < -0.3 is 20.7 Å². The number of aliphatic hydroxyl groups is 1. The lowest BCUT2D eigenvalue weighted by Crippen LogP contribution is -2.46. The Morgan fingerprint density at radius 1 is 1.37 bits per heavy atom. The van der Waals surface area contributed by atoms with Crippen LogP contribution in [0.15, 0.2) is 29.0 Å². The molecule has 8 heteroatoms. The van der Waals surface area contributed by atoms with E-state index in [-0.39, 0.29) is 11.3 Å². The van der Waals surface area contributed by atoms with Crippen molar-refractivity contribution in [2.45, 2.75) is 31.9 Å². The molecule has 0 radical (unpaired) electrons. The summed E-state index contributed by atoms with van der Waals surface area (Å²) in [5.74, 6) is -0.124. The second kappa shape index (κ2) is 9.08. The van der Waals surface area contributed by atoms with Crippen LogP contribution in [0, 0.1) is 13.8 Å². The molecular weight excluding hydrogens is 402 g/mol. The Kier molecular flexibility index (Phi) is 6.46. The van der Waals surface area contributed by atoms with Crippen LogP contribution < -0.4 is 16.0 Å². The molecule has 30 heavy (non-hydrogen) atoms. The Bertz CT molecular complexity index is 911. The third-order valence-electron chi connectivity index (χ3n) is 6.04. The van der Waals surface area contributed by atoms with Gasteiger partial charge in [0.2, 0.25) is 0 Å². The minimum Gasteiger partial charge on any atom is -0.374 e. The number of aromatic amines is 1. The minimum absolute atomic E-state index is 0.108. The Morgan fingerprint density at radius 3 is 2.90 bits per heavy atom. The first-order chi connectivity index (χ1) is 14.4. The van der Waals surface area contributed by atoms with E-state index >= 15 is 0 Å². The van der Waals surface area contributed by atoms with Crippen molar-refractivity contribution in [2.24, 2.45) is 0 Å². The Hall–Kier alpha value is -1.90. The molecule has 5 N–H and O–H groups in total. The standard InChI is InChI=1S/C22H30ClN5O2/c1-13-19(12-17-16-11-15(23)3-4-18(16)27-21(17)29)26-14(2)20(13)22(30)25-7-10-28-8-5-24-6-9-28/h4,11-12,15,22,24-26,30H,3,5-10H2,1-2H3,(H,27,29). The lowest BCUT2D eigenvalue weighted by Gasteiger charge is -2.27. The number of carbonyl (C=O) groups excluding carboxylic acids is 1. The molecule has 162 valence electrons. The SMILES string of the molecule is Cc1[nH]c(C=C2C(=O)NC3=CCC(Cl)C=C32)c(C)c1C(O)NCCN1CCNCC1. The lowest BCUT2D eigenvalue weighted by atomic mass is 9.98. The van der Waals surface area contributed by atoms with Crippen LogP contribution in [0.3, 0.4) is 0 Å². The Labute approximate surface area is 182 Å². The quantitative estimate of drug-likeness (QED) is 0.267. The zero-order chi connectivity index (χ0) is 21.3. The van der Waals surface area contributed by atoms with Gasteiger partial charge in [-0.25, -0.2) is 0 Å². The molecule has 2 fully saturated rings. The molecule has 2 aliphatic heterocycles. The minimum atomic E-state index is -0.759. The predicted molar refractivity (Wildman–Crippen MR) is 119 cm³/mol. The van der Waals surface area contributed by atoms with Gasteiger partial charge in [0.15, 0.2) is 0 Å². The highest BCUT2D eigenvalue weighted by Gasteiger charge is 2.30. The van der Waals surface area contributed by atoms with Gasteiger partial charge in [0.25, 0.3) is 5.91 Å². The number of fused-ring (bicyclic) bond motifs is 1. The molecule has 1 amide bonds. The van der Waals surface area contributed by atoms with Gasteiger partial charge in [-0.15, -0.1) is 11.6 Å². The number of hydrogen-bond donors (Lipinski definition) is 5. The molecule has 2 saturated heterocycles. The summed E-state index contributed by atoms with van der Waals surface area (Å²) in [6.45, 7) is 9.63. The van der Waals surface area contributed by atoms with Crippen LogP contribution in [0.4, 0.5) is 0 Å². The number of hydrogen-bond acceptors (Lipinski definition) is 5. The number of nitrogens with zero attached hydrogens (tertiary/aromatic N) is 1. The van der Waals surface area contributed by atoms with Gasteiger partial charge in [-0.1, -0.05) is 12.2 Å². The van der Waals surface area contributed by atoms with Crippen molar-refractivity contribution in [3.05, 3.63) is 51.5 Å². The molecule has 3 heterocycles. The molecule has 3 aliphatic rings. The number of allylic oxidation sites excluding steroid dienone is 3. The number of amides is 1. The largest absolute Gasteiger partial charge is 0.374 e. The van der Waals surface area contributed by atoms with E-state index in [9.17, 15) is 9.90 Å². The average molecular weight is 432 g/mol. The molecule has 1 aliphatic carbocycles. The van der Waals surface area contributed by atoms with E-state index in [1.165, 1.54) is 0 Å². The van der Waals surface area contributed by atoms with Crippen LogP contribution in [-0.2, 0) is 4.79 Å². The second-order valence-electron chi connectivity index (χ2n) is 8.11. The van der Waals surface area contributed by atoms with Crippen LogP contribution in [0.1, 0.15) is 35.2 Å². The van der Waals surface area contributed by atoms with Crippen LogP contribution in [0.2, 0.25) is 0 Å². The van der Waals surface area contributed by atoms with E-state index in [4.69, 9.17) is 11.6 Å². The number of rotatable bonds is 6. The fourth-order valence-corrected chi connectivity index (χ4v) is 4.59. The summed E-state index contributed by atoms with van der Waals surface area (Å²) in [7, 11) is 0. The zero-order valence-corrected chi connectivity index (χ0v) is 18.3. The highest BCUT2D eigenvalue weighted by Crippen LogP contribution is 2.34. The molecule has 0 saturated carbocycles. The monoisotopic (exact) mass is 431 g/mol. The number of aliphatic hydroxyl groups excluding tert-OH is 1. The molecule has 0 aromatic carbocycles.